The molecule has 5 heteroatoms. The molecule has 19 heavy (non-hydrogen) atoms. The second-order valence-electron chi connectivity index (χ2n) is 4.68. The van der Waals surface area contributed by atoms with Gasteiger partial charge in [0.2, 0.25) is 0 Å². The maximum absolute atomic E-state index is 11.8. The fourth-order valence-electron chi connectivity index (χ4n) is 2.20. The molecule has 0 amide bonds. The van der Waals surface area contributed by atoms with E-state index in [4.69, 9.17) is 15.2 Å². The predicted molar refractivity (Wildman–Crippen MR) is 70.2 cm³/mol. The fraction of sp³-hybridized carbons (Fsp3) is 0.500. The first-order valence-electron chi connectivity index (χ1n) is 6.44. The summed E-state index contributed by atoms with van der Waals surface area (Å²) < 4.78 is 10.3. The van der Waals surface area contributed by atoms with Gasteiger partial charge in [-0.15, -0.1) is 0 Å². The number of hydrogen-bond donors (Lipinski definition) is 2. The van der Waals surface area contributed by atoms with E-state index in [0.717, 1.165) is 5.56 Å². The van der Waals surface area contributed by atoms with Gasteiger partial charge in [-0.1, -0.05) is 6.07 Å². The Morgan fingerprint density at radius 3 is 2.84 bits per heavy atom. The molecule has 0 radical (unpaired) electrons. The molecule has 1 aromatic carbocycles. The molecule has 0 aromatic heterocycles. The van der Waals surface area contributed by atoms with Gasteiger partial charge in [0.25, 0.3) is 0 Å². The molecule has 0 heterocycles. The zero-order valence-corrected chi connectivity index (χ0v) is 11.2. The van der Waals surface area contributed by atoms with E-state index in [9.17, 15) is 9.90 Å². The number of nitrogens with two attached hydrogens (primary N) is 1. The molecule has 2 unspecified atom stereocenters. The molecule has 1 aliphatic rings. The van der Waals surface area contributed by atoms with Crippen LogP contribution in [-0.4, -0.2) is 29.8 Å². The molecule has 0 aliphatic heterocycles. The van der Waals surface area contributed by atoms with Crippen LogP contribution in [0, 0.1) is 0 Å². The van der Waals surface area contributed by atoms with Crippen molar-refractivity contribution in [2.75, 3.05) is 13.2 Å². The highest BCUT2D eigenvalue weighted by molar-refractivity contribution is 5.86. The summed E-state index contributed by atoms with van der Waals surface area (Å²) in [6.07, 6.45) is 0.558. The lowest BCUT2D eigenvalue weighted by Crippen LogP contribution is -2.36. The van der Waals surface area contributed by atoms with Crippen molar-refractivity contribution in [3.63, 3.8) is 0 Å². The minimum absolute atomic E-state index is 0.0774. The van der Waals surface area contributed by atoms with Crippen LogP contribution in [0.25, 0.3) is 0 Å². The molecule has 3 N–H and O–H groups in total. The Morgan fingerprint density at radius 1 is 1.47 bits per heavy atom. The second kappa shape index (κ2) is 5.09. The summed E-state index contributed by atoms with van der Waals surface area (Å²) in [5, 5.41) is 9.64. The van der Waals surface area contributed by atoms with E-state index >= 15 is 0 Å². The number of rotatable bonds is 5. The van der Waals surface area contributed by atoms with Gasteiger partial charge >= 0.3 is 5.97 Å². The number of benzene rings is 1. The van der Waals surface area contributed by atoms with E-state index in [1.54, 1.807) is 25.1 Å². The Bertz CT molecular complexity index is 488. The Kier molecular flexibility index (Phi) is 3.66. The topological polar surface area (TPSA) is 81.8 Å². The average Bonchev–Trinajstić information content (AvgIpc) is 3.07. The highest BCUT2D eigenvalue weighted by Gasteiger charge is 2.59. The maximum atomic E-state index is 11.8. The molecule has 0 bridgehead atoms. The van der Waals surface area contributed by atoms with Crippen LogP contribution in [-0.2, 0) is 9.53 Å². The van der Waals surface area contributed by atoms with Crippen LogP contribution in [0.1, 0.15) is 31.7 Å². The molecular weight excluding hydrogens is 246 g/mol. The molecule has 1 fully saturated rings. The van der Waals surface area contributed by atoms with E-state index in [0.29, 0.717) is 25.4 Å². The molecular formula is C14H19NO4. The molecule has 0 spiro atoms. The van der Waals surface area contributed by atoms with Gasteiger partial charge in [0.1, 0.15) is 5.54 Å². The third-order valence-corrected chi connectivity index (χ3v) is 3.35. The standard InChI is InChI=1S/C14H19NO4/c1-3-18-12-7-9(5-6-11(12)16)10-8-14(10,15)13(17)19-4-2/h5-7,10,16H,3-4,8,15H2,1-2H3. The Morgan fingerprint density at radius 2 is 2.21 bits per heavy atom. The molecule has 2 atom stereocenters. The summed E-state index contributed by atoms with van der Waals surface area (Å²) in [6, 6.07) is 5.05. The summed E-state index contributed by atoms with van der Waals surface area (Å²) in [5.41, 5.74) is 5.99. The molecule has 1 aliphatic carbocycles. The summed E-state index contributed by atoms with van der Waals surface area (Å²) in [5.74, 6) is 0.0560. The van der Waals surface area contributed by atoms with Crippen molar-refractivity contribution in [3.8, 4) is 11.5 Å². The SMILES string of the molecule is CCOC(=O)C1(N)CC1c1ccc(O)c(OCC)c1. The number of carbonyl (C=O) groups is 1. The van der Waals surface area contributed by atoms with Gasteiger partial charge in [-0.3, -0.25) is 4.79 Å². The van der Waals surface area contributed by atoms with Gasteiger partial charge in [-0.25, -0.2) is 0 Å². The summed E-state index contributed by atoms with van der Waals surface area (Å²) in [4.78, 5) is 11.8. The van der Waals surface area contributed by atoms with Gasteiger partial charge < -0.3 is 20.3 Å². The van der Waals surface area contributed by atoms with E-state index in [1.807, 2.05) is 6.92 Å². The van der Waals surface area contributed by atoms with Crippen LogP contribution in [0.2, 0.25) is 0 Å². The van der Waals surface area contributed by atoms with Gasteiger partial charge in [-0.2, -0.15) is 0 Å². The molecule has 0 saturated heterocycles. The summed E-state index contributed by atoms with van der Waals surface area (Å²) >= 11 is 0. The van der Waals surface area contributed by atoms with Gasteiger partial charge in [0.05, 0.1) is 13.2 Å². The van der Waals surface area contributed by atoms with Gasteiger partial charge in [0.15, 0.2) is 11.5 Å². The van der Waals surface area contributed by atoms with E-state index < -0.39 is 5.54 Å². The molecule has 104 valence electrons. The van der Waals surface area contributed by atoms with Crippen molar-refractivity contribution in [2.45, 2.75) is 31.7 Å². The lowest BCUT2D eigenvalue weighted by Gasteiger charge is -2.12. The van der Waals surface area contributed by atoms with Crippen molar-refractivity contribution in [3.05, 3.63) is 23.8 Å². The third kappa shape index (κ3) is 2.51. The number of phenolic OH excluding ortho intramolecular Hbond substituents is 1. The first-order chi connectivity index (χ1) is 9.02. The summed E-state index contributed by atoms with van der Waals surface area (Å²) in [6.45, 7) is 4.39. The number of phenols is 1. The number of ether oxygens (including phenoxy) is 2. The van der Waals surface area contributed by atoms with Crippen LogP contribution in [0.4, 0.5) is 0 Å². The largest absolute Gasteiger partial charge is 0.504 e. The molecule has 1 saturated carbocycles. The van der Waals surface area contributed by atoms with Gasteiger partial charge in [0, 0.05) is 5.92 Å². The minimum atomic E-state index is -0.934. The lowest BCUT2D eigenvalue weighted by atomic mass is 10.1. The van der Waals surface area contributed by atoms with Crippen molar-refractivity contribution < 1.29 is 19.4 Å². The van der Waals surface area contributed by atoms with Crippen molar-refractivity contribution in [2.24, 2.45) is 5.73 Å². The minimum Gasteiger partial charge on any atom is -0.504 e. The Hall–Kier alpha value is -1.75. The van der Waals surface area contributed by atoms with E-state index in [2.05, 4.69) is 0 Å². The second-order valence-corrected chi connectivity index (χ2v) is 4.68. The monoisotopic (exact) mass is 265 g/mol. The molecule has 5 nitrogen and oxygen atoms in total. The first kappa shape index (κ1) is 13.7. The lowest BCUT2D eigenvalue weighted by molar-refractivity contribution is -0.146. The van der Waals surface area contributed by atoms with Crippen LogP contribution in [0.15, 0.2) is 18.2 Å². The Balaban J connectivity index is 2.17. The number of hydrogen-bond acceptors (Lipinski definition) is 5. The highest BCUT2D eigenvalue weighted by atomic mass is 16.5. The maximum Gasteiger partial charge on any atom is 0.326 e. The van der Waals surface area contributed by atoms with Gasteiger partial charge in [-0.05, 0) is 38.0 Å². The highest BCUT2D eigenvalue weighted by Crippen LogP contribution is 2.51. The van der Waals surface area contributed by atoms with E-state index in [1.165, 1.54) is 0 Å². The smallest absolute Gasteiger partial charge is 0.326 e. The van der Waals surface area contributed by atoms with Crippen LogP contribution in [0.5, 0.6) is 11.5 Å². The van der Waals surface area contributed by atoms with Crippen LogP contribution >= 0.6 is 0 Å². The summed E-state index contributed by atoms with van der Waals surface area (Å²) in [7, 11) is 0. The van der Waals surface area contributed by atoms with Crippen LogP contribution < -0.4 is 10.5 Å². The zero-order chi connectivity index (χ0) is 14.0. The molecule has 1 aromatic rings. The number of carbonyl (C=O) groups excluding carboxylic acids is 1. The predicted octanol–water partition coefficient (Wildman–Crippen LogP) is 1.54. The van der Waals surface area contributed by atoms with E-state index in [-0.39, 0.29) is 17.6 Å². The molecule has 2 rings (SSSR count). The Labute approximate surface area is 112 Å². The average molecular weight is 265 g/mol. The number of aromatic hydroxyl groups is 1. The quantitative estimate of drug-likeness (QED) is 0.789. The van der Waals surface area contributed by atoms with Crippen molar-refractivity contribution in [1.29, 1.82) is 0 Å². The first-order valence-corrected chi connectivity index (χ1v) is 6.44. The fourth-order valence-corrected chi connectivity index (χ4v) is 2.20. The zero-order valence-electron chi connectivity index (χ0n) is 11.2. The third-order valence-electron chi connectivity index (χ3n) is 3.35. The van der Waals surface area contributed by atoms with Crippen LogP contribution in [0.3, 0.4) is 0 Å². The normalized spacial score (nSPS) is 24.9. The number of esters is 1. The van der Waals surface area contributed by atoms with Crippen molar-refractivity contribution >= 4 is 5.97 Å². The van der Waals surface area contributed by atoms with Crippen molar-refractivity contribution in [1.82, 2.24) is 0 Å².